The van der Waals surface area contributed by atoms with Crippen LogP contribution in [0.1, 0.15) is 29.2 Å². The van der Waals surface area contributed by atoms with Gasteiger partial charge >= 0.3 is 0 Å². The van der Waals surface area contributed by atoms with E-state index in [1.54, 1.807) is 11.3 Å². The van der Waals surface area contributed by atoms with Crippen molar-refractivity contribution in [3.8, 4) is 0 Å². The number of hydrogen-bond donors (Lipinski definition) is 1. The van der Waals surface area contributed by atoms with Crippen molar-refractivity contribution in [1.82, 2.24) is 5.32 Å². The maximum atomic E-state index is 6.00. The van der Waals surface area contributed by atoms with Crippen LogP contribution in [-0.4, -0.2) is 7.05 Å². The fourth-order valence-corrected chi connectivity index (χ4v) is 3.16. The summed E-state index contributed by atoms with van der Waals surface area (Å²) in [5.74, 6) is 0. The van der Waals surface area contributed by atoms with Crippen LogP contribution in [-0.2, 0) is 6.42 Å². The molecule has 0 spiro atoms. The monoisotopic (exact) mass is 279 g/mol. The summed E-state index contributed by atoms with van der Waals surface area (Å²) in [5, 5.41) is 8.57. The zero-order valence-electron chi connectivity index (χ0n) is 10.7. The molecular weight excluding hydrogens is 262 g/mol. The summed E-state index contributed by atoms with van der Waals surface area (Å²) in [5.41, 5.74) is 4.02. The van der Waals surface area contributed by atoms with E-state index in [-0.39, 0.29) is 0 Å². The first-order valence-corrected chi connectivity index (χ1v) is 7.47. The van der Waals surface area contributed by atoms with E-state index < -0.39 is 0 Å². The molecule has 1 nitrogen and oxygen atoms in total. The molecule has 0 saturated carbocycles. The van der Waals surface area contributed by atoms with Crippen LogP contribution in [0.5, 0.6) is 0 Å². The SMILES string of the molecule is CNC(CCc1ccsc1)c1ccc(Cl)cc1C. The summed E-state index contributed by atoms with van der Waals surface area (Å²) >= 11 is 7.77. The van der Waals surface area contributed by atoms with Crippen molar-refractivity contribution in [1.29, 1.82) is 0 Å². The molecule has 2 rings (SSSR count). The Morgan fingerprint density at radius 3 is 2.78 bits per heavy atom. The minimum atomic E-state index is 0.391. The molecule has 3 heteroatoms. The average molecular weight is 280 g/mol. The molecule has 1 unspecified atom stereocenters. The molecule has 18 heavy (non-hydrogen) atoms. The lowest BCUT2D eigenvalue weighted by molar-refractivity contribution is 0.547. The predicted octanol–water partition coefficient (Wildman–Crippen LogP) is 4.60. The third-order valence-corrected chi connectivity index (χ3v) is 4.22. The highest BCUT2D eigenvalue weighted by atomic mass is 35.5. The second kappa shape index (κ2) is 6.37. The number of thiophene rings is 1. The number of benzene rings is 1. The predicted molar refractivity (Wildman–Crippen MR) is 80.6 cm³/mol. The van der Waals surface area contributed by atoms with E-state index in [9.17, 15) is 0 Å². The average Bonchev–Trinajstić information content (AvgIpc) is 2.85. The fourth-order valence-electron chi connectivity index (χ4n) is 2.23. The largest absolute Gasteiger partial charge is 0.313 e. The second-order valence-electron chi connectivity index (χ2n) is 4.51. The molecule has 0 bridgehead atoms. The summed E-state index contributed by atoms with van der Waals surface area (Å²) in [4.78, 5) is 0. The summed E-state index contributed by atoms with van der Waals surface area (Å²) < 4.78 is 0. The molecule has 1 aromatic heterocycles. The third kappa shape index (κ3) is 3.35. The first kappa shape index (κ1) is 13.6. The molecule has 0 aliphatic rings. The molecule has 0 aliphatic heterocycles. The Morgan fingerprint density at radius 1 is 1.33 bits per heavy atom. The highest BCUT2D eigenvalue weighted by Crippen LogP contribution is 2.25. The van der Waals surface area contributed by atoms with Gasteiger partial charge in [0.25, 0.3) is 0 Å². The van der Waals surface area contributed by atoms with Gasteiger partial charge in [-0.15, -0.1) is 0 Å². The number of hydrogen-bond acceptors (Lipinski definition) is 2. The Kier molecular flexibility index (Phi) is 4.81. The van der Waals surface area contributed by atoms with Crippen LogP contribution in [0.4, 0.5) is 0 Å². The molecule has 96 valence electrons. The van der Waals surface area contributed by atoms with Crippen LogP contribution >= 0.6 is 22.9 Å². The van der Waals surface area contributed by atoms with Crippen molar-refractivity contribution in [2.75, 3.05) is 7.05 Å². The normalized spacial score (nSPS) is 12.6. The van der Waals surface area contributed by atoms with Gasteiger partial charge in [-0.1, -0.05) is 17.7 Å². The molecule has 0 saturated heterocycles. The van der Waals surface area contributed by atoms with E-state index in [1.807, 2.05) is 19.2 Å². The lowest BCUT2D eigenvalue weighted by Crippen LogP contribution is -2.18. The van der Waals surface area contributed by atoms with Crippen LogP contribution in [0.25, 0.3) is 0 Å². The van der Waals surface area contributed by atoms with E-state index in [2.05, 4.69) is 35.1 Å². The Balaban J connectivity index is 2.08. The highest BCUT2D eigenvalue weighted by Gasteiger charge is 2.12. The smallest absolute Gasteiger partial charge is 0.0408 e. The molecule has 1 N–H and O–H groups in total. The van der Waals surface area contributed by atoms with Crippen LogP contribution < -0.4 is 5.32 Å². The van der Waals surface area contributed by atoms with Crippen LogP contribution in [0.15, 0.2) is 35.0 Å². The van der Waals surface area contributed by atoms with E-state index >= 15 is 0 Å². The minimum Gasteiger partial charge on any atom is -0.313 e. The Morgan fingerprint density at radius 2 is 2.17 bits per heavy atom. The summed E-state index contributed by atoms with van der Waals surface area (Å²) in [6.45, 7) is 2.12. The first-order valence-electron chi connectivity index (χ1n) is 6.15. The molecular formula is C15H18ClNS. The van der Waals surface area contributed by atoms with E-state index in [0.29, 0.717) is 6.04 Å². The van der Waals surface area contributed by atoms with E-state index in [4.69, 9.17) is 11.6 Å². The van der Waals surface area contributed by atoms with Crippen molar-refractivity contribution in [2.24, 2.45) is 0 Å². The number of rotatable bonds is 5. The number of halogens is 1. The van der Waals surface area contributed by atoms with Crippen LogP contribution in [0, 0.1) is 6.92 Å². The quantitative estimate of drug-likeness (QED) is 0.843. The van der Waals surface area contributed by atoms with Crippen molar-refractivity contribution in [3.63, 3.8) is 0 Å². The van der Waals surface area contributed by atoms with Gasteiger partial charge in [0.2, 0.25) is 0 Å². The van der Waals surface area contributed by atoms with E-state index in [1.165, 1.54) is 16.7 Å². The Bertz CT molecular complexity index is 493. The topological polar surface area (TPSA) is 12.0 Å². The summed E-state index contributed by atoms with van der Waals surface area (Å²) in [7, 11) is 2.02. The standard InChI is InChI=1S/C15H18ClNS/c1-11-9-13(16)4-5-14(11)15(17-2)6-3-12-7-8-18-10-12/h4-5,7-10,15,17H,3,6H2,1-2H3. The third-order valence-electron chi connectivity index (χ3n) is 3.26. The zero-order valence-corrected chi connectivity index (χ0v) is 12.3. The molecule has 1 aromatic carbocycles. The molecule has 1 heterocycles. The van der Waals surface area contributed by atoms with Crippen LogP contribution in [0.3, 0.4) is 0 Å². The van der Waals surface area contributed by atoms with Crippen molar-refractivity contribution in [3.05, 3.63) is 56.7 Å². The molecule has 0 radical (unpaired) electrons. The zero-order chi connectivity index (χ0) is 13.0. The molecule has 2 aromatic rings. The van der Waals surface area contributed by atoms with Gasteiger partial charge in [-0.25, -0.2) is 0 Å². The fraction of sp³-hybridized carbons (Fsp3) is 0.333. The van der Waals surface area contributed by atoms with Gasteiger partial charge in [0, 0.05) is 11.1 Å². The maximum absolute atomic E-state index is 6.00. The lowest BCUT2D eigenvalue weighted by atomic mass is 9.96. The first-order chi connectivity index (χ1) is 8.70. The van der Waals surface area contributed by atoms with Crippen LogP contribution in [0.2, 0.25) is 5.02 Å². The van der Waals surface area contributed by atoms with Gasteiger partial charge in [-0.3, -0.25) is 0 Å². The van der Waals surface area contributed by atoms with Crippen molar-refractivity contribution >= 4 is 22.9 Å². The molecule has 0 aliphatic carbocycles. The Hall–Kier alpha value is -0.830. The Labute approximate surface area is 118 Å². The van der Waals surface area contributed by atoms with Gasteiger partial charge in [-0.05, 0) is 72.5 Å². The van der Waals surface area contributed by atoms with Gasteiger partial charge < -0.3 is 5.32 Å². The van der Waals surface area contributed by atoms with Gasteiger partial charge in [0.1, 0.15) is 0 Å². The second-order valence-corrected chi connectivity index (χ2v) is 5.73. The maximum Gasteiger partial charge on any atom is 0.0408 e. The number of nitrogens with one attached hydrogen (secondary N) is 1. The van der Waals surface area contributed by atoms with Crippen molar-refractivity contribution in [2.45, 2.75) is 25.8 Å². The van der Waals surface area contributed by atoms with Gasteiger partial charge in [0.05, 0.1) is 0 Å². The van der Waals surface area contributed by atoms with Gasteiger partial charge in [0.15, 0.2) is 0 Å². The van der Waals surface area contributed by atoms with Crippen molar-refractivity contribution < 1.29 is 0 Å². The molecule has 0 fully saturated rings. The number of aryl methyl sites for hydroxylation is 2. The molecule has 1 atom stereocenters. The summed E-state index contributed by atoms with van der Waals surface area (Å²) in [6, 6.07) is 8.73. The van der Waals surface area contributed by atoms with Gasteiger partial charge in [-0.2, -0.15) is 11.3 Å². The molecule has 0 amide bonds. The highest BCUT2D eigenvalue weighted by molar-refractivity contribution is 7.07. The minimum absolute atomic E-state index is 0.391. The lowest BCUT2D eigenvalue weighted by Gasteiger charge is -2.19. The van der Waals surface area contributed by atoms with E-state index in [0.717, 1.165) is 17.9 Å². The summed E-state index contributed by atoms with van der Waals surface area (Å²) in [6.07, 6.45) is 2.22.